The fourth-order valence-electron chi connectivity index (χ4n) is 1.53. The van der Waals surface area contributed by atoms with E-state index >= 15 is 0 Å². The third-order valence-electron chi connectivity index (χ3n) is 2.50. The molecular formula is C13H16F3NO3S. The highest BCUT2D eigenvalue weighted by atomic mass is 32.2. The highest BCUT2D eigenvalue weighted by Gasteiger charge is 2.27. The lowest BCUT2D eigenvalue weighted by molar-refractivity contribution is -0.142. The molecule has 4 nitrogen and oxygen atoms in total. The zero-order valence-corrected chi connectivity index (χ0v) is 12.2. The van der Waals surface area contributed by atoms with Crippen molar-refractivity contribution in [3.05, 3.63) is 29.8 Å². The van der Waals surface area contributed by atoms with Crippen molar-refractivity contribution in [1.82, 2.24) is 0 Å². The van der Waals surface area contributed by atoms with Gasteiger partial charge in [0.2, 0.25) is 0 Å². The van der Waals surface area contributed by atoms with Gasteiger partial charge in [-0.25, -0.2) is 0 Å². The molecule has 1 unspecified atom stereocenters. The van der Waals surface area contributed by atoms with E-state index in [-0.39, 0.29) is 24.1 Å². The third-order valence-corrected chi connectivity index (χ3v) is 3.20. The van der Waals surface area contributed by atoms with Crippen LogP contribution in [-0.2, 0) is 16.0 Å². The Hall–Kier alpha value is -1.41. The van der Waals surface area contributed by atoms with Gasteiger partial charge in [-0.1, -0.05) is 12.1 Å². The Bertz CT molecular complexity index is 451. The van der Waals surface area contributed by atoms with Crippen LogP contribution in [0.15, 0.2) is 24.3 Å². The Kier molecular flexibility index (Phi) is 6.83. The maximum atomic E-state index is 11.9. The average molecular weight is 323 g/mol. The fourth-order valence-corrected chi connectivity index (χ4v) is 1.93. The molecule has 0 fully saturated rings. The van der Waals surface area contributed by atoms with Crippen molar-refractivity contribution >= 4 is 17.7 Å². The molecule has 0 aliphatic carbocycles. The van der Waals surface area contributed by atoms with Crippen molar-refractivity contribution in [1.29, 1.82) is 0 Å². The van der Waals surface area contributed by atoms with Gasteiger partial charge in [-0.05, 0) is 35.9 Å². The van der Waals surface area contributed by atoms with Gasteiger partial charge in [0, 0.05) is 5.75 Å². The normalized spacial score (nSPS) is 12.8. The molecule has 0 aromatic heterocycles. The highest BCUT2D eigenvalue weighted by molar-refractivity contribution is 8.00. The van der Waals surface area contributed by atoms with Gasteiger partial charge in [-0.3, -0.25) is 4.79 Å². The van der Waals surface area contributed by atoms with E-state index in [1.807, 2.05) is 0 Å². The fraction of sp³-hybridized carbons (Fsp3) is 0.462. The summed E-state index contributed by atoms with van der Waals surface area (Å²) in [5, 5.41) is 0. The van der Waals surface area contributed by atoms with Gasteiger partial charge in [0.05, 0.1) is 13.7 Å². The number of methoxy groups -OCH3 is 1. The number of carbonyl (C=O) groups excluding carboxylic acids is 1. The lowest BCUT2D eigenvalue weighted by Crippen LogP contribution is -2.33. The van der Waals surface area contributed by atoms with E-state index in [0.717, 1.165) is 5.56 Å². The molecule has 1 aromatic carbocycles. The predicted molar refractivity (Wildman–Crippen MR) is 74.1 cm³/mol. The number of hydrogen-bond donors (Lipinski definition) is 1. The first-order valence-electron chi connectivity index (χ1n) is 6.07. The van der Waals surface area contributed by atoms with Gasteiger partial charge in [0.1, 0.15) is 11.8 Å². The predicted octanol–water partition coefficient (Wildman–Crippen LogP) is 2.36. The van der Waals surface area contributed by atoms with E-state index in [9.17, 15) is 18.0 Å². The number of halogens is 3. The maximum absolute atomic E-state index is 11.9. The smallest absolute Gasteiger partial charge is 0.441 e. The number of nitrogens with two attached hydrogens (primary N) is 1. The van der Waals surface area contributed by atoms with Gasteiger partial charge in [-0.2, -0.15) is 13.2 Å². The number of carbonyl (C=O) groups is 1. The van der Waals surface area contributed by atoms with Crippen LogP contribution < -0.4 is 10.5 Å². The number of rotatable bonds is 7. The summed E-state index contributed by atoms with van der Waals surface area (Å²) in [6.07, 6.45) is 0.316. The van der Waals surface area contributed by atoms with Crippen LogP contribution in [0.4, 0.5) is 13.2 Å². The topological polar surface area (TPSA) is 61.5 Å². The first-order valence-corrected chi connectivity index (χ1v) is 7.06. The summed E-state index contributed by atoms with van der Waals surface area (Å²) >= 11 is -0.123. The average Bonchev–Trinajstić information content (AvgIpc) is 2.43. The summed E-state index contributed by atoms with van der Waals surface area (Å²) in [4.78, 5) is 11.2. The summed E-state index contributed by atoms with van der Waals surface area (Å²) in [5.74, 6) is -0.203. The van der Waals surface area contributed by atoms with Crippen LogP contribution in [0.3, 0.4) is 0 Å². The molecule has 0 amide bonds. The molecule has 1 rings (SSSR count). The van der Waals surface area contributed by atoms with Crippen LogP contribution in [0.5, 0.6) is 5.75 Å². The molecule has 1 atom stereocenters. The van der Waals surface area contributed by atoms with Gasteiger partial charge in [0.25, 0.3) is 0 Å². The molecule has 0 bridgehead atoms. The van der Waals surface area contributed by atoms with Crippen molar-refractivity contribution in [3.8, 4) is 5.75 Å². The summed E-state index contributed by atoms with van der Waals surface area (Å²) in [6.45, 7) is -0.0365. The quantitative estimate of drug-likeness (QED) is 0.616. The monoisotopic (exact) mass is 323 g/mol. The molecule has 0 aliphatic rings. The molecule has 0 spiro atoms. The maximum Gasteiger partial charge on any atom is 0.441 e. The van der Waals surface area contributed by atoms with Crippen molar-refractivity contribution < 1.29 is 27.4 Å². The first kappa shape index (κ1) is 17.6. The van der Waals surface area contributed by atoms with Crippen LogP contribution >= 0.6 is 11.8 Å². The Morgan fingerprint density at radius 2 is 1.95 bits per heavy atom. The minimum atomic E-state index is -4.24. The SMILES string of the molecule is COC(=O)C(N)Cc1ccc(OCCSC(F)(F)F)cc1. The van der Waals surface area contributed by atoms with E-state index in [1.54, 1.807) is 24.3 Å². The number of hydrogen-bond acceptors (Lipinski definition) is 5. The van der Waals surface area contributed by atoms with Crippen molar-refractivity contribution in [2.75, 3.05) is 19.5 Å². The number of ether oxygens (including phenoxy) is 2. The van der Waals surface area contributed by atoms with Crippen LogP contribution in [0.25, 0.3) is 0 Å². The van der Waals surface area contributed by atoms with Crippen LogP contribution in [0.1, 0.15) is 5.56 Å². The lowest BCUT2D eigenvalue weighted by atomic mass is 10.1. The molecule has 0 heterocycles. The summed E-state index contributed by atoms with van der Waals surface area (Å²) < 4.78 is 45.4. The van der Waals surface area contributed by atoms with E-state index < -0.39 is 17.5 Å². The number of benzene rings is 1. The summed E-state index contributed by atoms with van der Waals surface area (Å²) in [6, 6.07) is 5.91. The second-order valence-electron chi connectivity index (χ2n) is 4.12. The first-order chi connectivity index (χ1) is 9.81. The Balaban J connectivity index is 2.38. The number of esters is 1. The van der Waals surface area contributed by atoms with Crippen molar-refractivity contribution in [2.24, 2.45) is 5.73 Å². The van der Waals surface area contributed by atoms with E-state index in [4.69, 9.17) is 10.5 Å². The second kappa shape index (κ2) is 8.14. The van der Waals surface area contributed by atoms with Gasteiger partial charge in [0.15, 0.2) is 0 Å². The minimum absolute atomic E-state index is 0.0365. The van der Waals surface area contributed by atoms with Gasteiger partial charge in [-0.15, -0.1) is 0 Å². The summed E-state index contributed by atoms with van der Waals surface area (Å²) in [7, 11) is 1.26. The molecule has 1 aromatic rings. The minimum Gasteiger partial charge on any atom is -0.493 e. The molecule has 21 heavy (non-hydrogen) atoms. The van der Waals surface area contributed by atoms with E-state index in [0.29, 0.717) is 12.2 Å². The van der Waals surface area contributed by atoms with Gasteiger partial charge >= 0.3 is 11.5 Å². The molecule has 2 N–H and O–H groups in total. The van der Waals surface area contributed by atoms with Crippen LogP contribution in [-0.4, -0.2) is 37.0 Å². The number of alkyl halides is 3. The van der Waals surface area contributed by atoms with Crippen LogP contribution in [0.2, 0.25) is 0 Å². The second-order valence-corrected chi connectivity index (χ2v) is 5.28. The molecule has 0 radical (unpaired) electrons. The molecule has 0 aliphatic heterocycles. The molecule has 0 saturated heterocycles. The highest BCUT2D eigenvalue weighted by Crippen LogP contribution is 2.29. The Labute approximate surface area is 124 Å². The zero-order valence-electron chi connectivity index (χ0n) is 11.4. The Morgan fingerprint density at radius 3 is 2.48 bits per heavy atom. The van der Waals surface area contributed by atoms with Crippen LogP contribution in [0, 0.1) is 0 Å². The molecule has 0 saturated carbocycles. The van der Waals surface area contributed by atoms with Gasteiger partial charge < -0.3 is 15.2 Å². The molecule has 8 heteroatoms. The Morgan fingerprint density at radius 1 is 1.33 bits per heavy atom. The van der Waals surface area contributed by atoms with E-state index in [1.165, 1.54) is 7.11 Å². The van der Waals surface area contributed by atoms with E-state index in [2.05, 4.69) is 4.74 Å². The largest absolute Gasteiger partial charge is 0.493 e. The van der Waals surface area contributed by atoms with Crippen molar-refractivity contribution in [2.45, 2.75) is 18.0 Å². The van der Waals surface area contributed by atoms with Crippen molar-refractivity contribution in [3.63, 3.8) is 0 Å². The zero-order chi connectivity index (χ0) is 15.9. The standard InChI is InChI=1S/C13H16F3NO3S/c1-19-12(18)11(17)8-9-2-4-10(5-3-9)20-6-7-21-13(14,15)16/h2-5,11H,6-8,17H2,1H3. The summed E-state index contributed by atoms with van der Waals surface area (Å²) in [5.41, 5.74) is 2.19. The number of thioether (sulfide) groups is 1. The molecular weight excluding hydrogens is 307 g/mol. The lowest BCUT2D eigenvalue weighted by Gasteiger charge is -2.10. The molecule has 118 valence electrons. The third kappa shape index (κ3) is 7.24.